The summed E-state index contributed by atoms with van der Waals surface area (Å²) >= 11 is 1.52. The minimum absolute atomic E-state index is 0.0430. The fourth-order valence-electron chi connectivity index (χ4n) is 2.34. The molecule has 0 heterocycles. The zero-order chi connectivity index (χ0) is 18.4. The highest BCUT2D eigenvalue weighted by molar-refractivity contribution is 8.00. The molecule has 2 rings (SSSR count). The maximum absolute atomic E-state index is 12.0. The van der Waals surface area contributed by atoms with Crippen LogP contribution in [0, 0.1) is 13.8 Å². The van der Waals surface area contributed by atoms with Crippen molar-refractivity contribution in [3.8, 4) is 0 Å². The van der Waals surface area contributed by atoms with Crippen LogP contribution in [0.3, 0.4) is 0 Å². The van der Waals surface area contributed by atoms with Crippen LogP contribution in [0.4, 0.5) is 0 Å². The number of benzene rings is 2. The largest absolute Gasteiger partial charge is 0.351 e. The first-order valence-electron chi connectivity index (χ1n) is 7.78. The van der Waals surface area contributed by atoms with E-state index in [0.717, 1.165) is 10.5 Å². The molecule has 0 spiro atoms. The van der Waals surface area contributed by atoms with E-state index in [2.05, 4.69) is 11.4 Å². The molecule has 0 saturated heterocycles. The number of carbonyl (C=O) groups excluding carboxylic acids is 1. The Bertz CT molecular complexity index is 847. The van der Waals surface area contributed by atoms with E-state index >= 15 is 0 Å². The molecule has 3 N–H and O–H groups in total. The second-order valence-corrected chi connectivity index (χ2v) is 8.59. The third-order valence-electron chi connectivity index (χ3n) is 3.57. The van der Waals surface area contributed by atoms with E-state index in [1.54, 1.807) is 24.3 Å². The molecule has 0 aliphatic carbocycles. The molecule has 0 radical (unpaired) electrons. The smallest absolute Gasteiger partial charge is 0.230 e. The van der Waals surface area contributed by atoms with Crippen LogP contribution in [0.25, 0.3) is 0 Å². The molecule has 2 aromatic rings. The van der Waals surface area contributed by atoms with Gasteiger partial charge in [-0.3, -0.25) is 4.79 Å². The standard InChI is InChI=1S/C18H22N2O3S2/c1-13-3-8-17(14(2)9-13)24-11-18(21)20-10-15-4-6-16(7-5-15)12-25(19,22)23/h3-9H,10-12H2,1-2H3,(H,20,21)(H2,19,22,23). The molecule has 7 heteroatoms. The minimum Gasteiger partial charge on any atom is -0.351 e. The molecule has 5 nitrogen and oxygen atoms in total. The van der Waals surface area contributed by atoms with Crippen molar-refractivity contribution in [2.24, 2.45) is 5.14 Å². The molecular formula is C18H22N2O3S2. The van der Waals surface area contributed by atoms with E-state index in [1.807, 2.05) is 26.0 Å². The van der Waals surface area contributed by atoms with Crippen molar-refractivity contribution < 1.29 is 13.2 Å². The van der Waals surface area contributed by atoms with E-state index in [4.69, 9.17) is 5.14 Å². The van der Waals surface area contributed by atoms with Crippen molar-refractivity contribution in [2.75, 3.05) is 5.75 Å². The number of primary sulfonamides is 1. The Labute approximate surface area is 153 Å². The number of hydrogen-bond donors (Lipinski definition) is 2. The second kappa shape index (κ2) is 8.51. The first-order valence-corrected chi connectivity index (χ1v) is 10.5. The van der Waals surface area contributed by atoms with Crippen molar-refractivity contribution >= 4 is 27.7 Å². The maximum atomic E-state index is 12.0. The topological polar surface area (TPSA) is 89.3 Å². The summed E-state index contributed by atoms with van der Waals surface area (Å²) in [4.78, 5) is 13.1. The zero-order valence-corrected chi connectivity index (χ0v) is 15.9. The van der Waals surface area contributed by atoms with Gasteiger partial charge < -0.3 is 5.32 Å². The summed E-state index contributed by atoms with van der Waals surface area (Å²) < 4.78 is 22.1. The molecule has 134 valence electrons. The minimum atomic E-state index is -3.53. The van der Waals surface area contributed by atoms with Gasteiger partial charge in [0.2, 0.25) is 15.9 Å². The zero-order valence-electron chi connectivity index (χ0n) is 14.3. The summed E-state index contributed by atoms with van der Waals surface area (Å²) in [6.45, 7) is 4.49. The van der Waals surface area contributed by atoms with Gasteiger partial charge in [0.15, 0.2) is 0 Å². The number of nitrogens with one attached hydrogen (secondary N) is 1. The van der Waals surface area contributed by atoms with Crippen LogP contribution in [0.1, 0.15) is 22.3 Å². The number of aryl methyl sites for hydroxylation is 2. The number of rotatable bonds is 7. The summed E-state index contributed by atoms with van der Waals surface area (Å²) in [7, 11) is -3.53. The van der Waals surface area contributed by atoms with Gasteiger partial charge in [-0.2, -0.15) is 0 Å². The predicted octanol–water partition coefficient (Wildman–Crippen LogP) is 2.50. The lowest BCUT2D eigenvalue weighted by Crippen LogP contribution is -2.24. The first kappa shape index (κ1) is 19.5. The average Bonchev–Trinajstić information content (AvgIpc) is 2.52. The Hall–Kier alpha value is -1.83. The van der Waals surface area contributed by atoms with Crippen LogP contribution < -0.4 is 10.5 Å². The van der Waals surface area contributed by atoms with Crippen molar-refractivity contribution in [1.29, 1.82) is 0 Å². The van der Waals surface area contributed by atoms with E-state index in [-0.39, 0.29) is 11.7 Å². The van der Waals surface area contributed by atoms with Crippen molar-refractivity contribution in [3.05, 3.63) is 64.7 Å². The van der Waals surface area contributed by atoms with Gasteiger partial charge in [-0.25, -0.2) is 13.6 Å². The van der Waals surface area contributed by atoms with Crippen LogP contribution in [-0.2, 0) is 27.1 Å². The number of thioether (sulfide) groups is 1. The van der Waals surface area contributed by atoms with Crippen molar-refractivity contribution in [3.63, 3.8) is 0 Å². The van der Waals surface area contributed by atoms with Gasteiger partial charge in [0, 0.05) is 11.4 Å². The van der Waals surface area contributed by atoms with Gasteiger partial charge in [0.1, 0.15) is 0 Å². The molecule has 2 aromatic carbocycles. The van der Waals surface area contributed by atoms with Crippen LogP contribution in [0.2, 0.25) is 0 Å². The first-order chi connectivity index (χ1) is 11.7. The predicted molar refractivity (Wildman–Crippen MR) is 102 cm³/mol. The van der Waals surface area contributed by atoms with E-state index < -0.39 is 10.0 Å². The molecule has 0 aliphatic rings. The molecular weight excluding hydrogens is 356 g/mol. The van der Waals surface area contributed by atoms with E-state index in [9.17, 15) is 13.2 Å². The van der Waals surface area contributed by atoms with Gasteiger partial charge in [0.05, 0.1) is 11.5 Å². The number of sulfonamides is 1. The van der Waals surface area contributed by atoms with E-state index in [0.29, 0.717) is 17.9 Å². The normalized spacial score (nSPS) is 11.3. The lowest BCUT2D eigenvalue weighted by atomic mass is 10.1. The van der Waals surface area contributed by atoms with Gasteiger partial charge in [0.25, 0.3) is 0 Å². The highest BCUT2D eigenvalue weighted by atomic mass is 32.2. The number of amides is 1. The van der Waals surface area contributed by atoms with Gasteiger partial charge in [-0.05, 0) is 36.6 Å². The summed E-state index contributed by atoms with van der Waals surface area (Å²) in [5.41, 5.74) is 3.91. The van der Waals surface area contributed by atoms with Crippen molar-refractivity contribution in [1.82, 2.24) is 5.32 Å². The third-order valence-corrected chi connectivity index (χ3v) is 5.48. The summed E-state index contributed by atoms with van der Waals surface area (Å²) in [6, 6.07) is 13.2. The SMILES string of the molecule is Cc1ccc(SCC(=O)NCc2ccc(CS(N)(=O)=O)cc2)c(C)c1. The molecule has 0 atom stereocenters. The van der Waals surface area contributed by atoms with Gasteiger partial charge in [-0.1, -0.05) is 42.0 Å². The maximum Gasteiger partial charge on any atom is 0.230 e. The van der Waals surface area contributed by atoms with Crippen LogP contribution >= 0.6 is 11.8 Å². The van der Waals surface area contributed by atoms with E-state index in [1.165, 1.54) is 22.9 Å². The average molecular weight is 379 g/mol. The number of nitrogens with two attached hydrogens (primary N) is 1. The molecule has 0 bridgehead atoms. The van der Waals surface area contributed by atoms with Crippen LogP contribution in [0.5, 0.6) is 0 Å². The molecule has 0 fully saturated rings. The summed E-state index contributed by atoms with van der Waals surface area (Å²) in [5, 5.41) is 7.88. The Balaban J connectivity index is 1.81. The molecule has 1 amide bonds. The quantitative estimate of drug-likeness (QED) is 0.725. The van der Waals surface area contributed by atoms with Gasteiger partial charge >= 0.3 is 0 Å². The monoisotopic (exact) mass is 378 g/mol. The summed E-state index contributed by atoms with van der Waals surface area (Å²) in [6.07, 6.45) is 0. The highest BCUT2D eigenvalue weighted by Crippen LogP contribution is 2.22. The number of hydrogen-bond acceptors (Lipinski definition) is 4. The Morgan fingerprint density at radius 1 is 1.08 bits per heavy atom. The Morgan fingerprint density at radius 2 is 1.72 bits per heavy atom. The molecule has 0 aromatic heterocycles. The Morgan fingerprint density at radius 3 is 2.32 bits per heavy atom. The second-order valence-electron chi connectivity index (χ2n) is 5.96. The molecule has 25 heavy (non-hydrogen) atoms. The highest BCUT2D eigenvalue weighted by Gasteiger charge is 2.07. The molecule has 0 aliphatic heterocycles. The summed E-state index contributed by atoms with van der Waals surface area (Å²) in [5.74, 6) is 0.123. The lowest BCUT2D eigenvalue weighted by Gasteiger charge is -2.08. The van der Waals surface area contributed by atoms with Gasteiger partial charge in [-0.15, -0.1) is 11.8 Å². The molecule has 0 saturated carbocycles. The fraction of sp³-hybridized carbons (Fsp3) is 0.278. The van der Waals surface area contributed by atoms with Crippen molar-refractivity contribution in [2.45, 2.75) is 31.0 Å². The Kier molecular flexibility index (Phi) is 6.64. The lowest BCUT2D eigenvalue weighted by molar-refractivity contribution is -0.118. The van der Waals surface area contributed by atoms with Crippen LogP contribution in [-0.4, -0.2) is 20.1 Å². The molecule has 0 unspecified atom stereocenters. The fourth-order valence-corrected chi connectivity index (χ4v) is 3.84. The van der Waals surface area contributed by atoms with Crippen LogP contribution in [0.15, 0.2) is 47.4 Å². The number of carbonyl (C=O) groups is 1. The third kappa shape index (κ3) is 6.89.